The minimum Gasteiger partial charge on any atom is -0.299 e. The second-order valence-electron chi connectivity index (χ2n) is 5.27. The van der Waals surface area contributed by atoms with Gasteiger partial charge in [-0.25, -0.2) is 0 Å². The van der Waals surface area contributed by atoms with Gasteiger partial charge in [0, 0.05) is 25.0 Å². The molecule has 2 aliphatic rings. The van der Waals surface area contributed by atoms with E-state index in [2.05, 4.69) is 4.90 Å². The second-order valence-corrected chi connectivity index (χ2v) is 5.65. The van der Waals surface area contributed by atoms with Crippen molar-refractivity contribution < 1.29 is 0 Å². The van der Waals surface area contributed by atoms with Crippen molar-refractivity contribution >= 4 is 11.6 Å². The van der Waals surface area contributed by atoms with Crippen LogP contribution in [-0.4, -0.2) is 29.9 Å². The molecule has 2 saturated carbocycles. The molecule has 0 bridgehead atoms. The van der Waals surface area contributed by atoms with Crippen LogP contribution in [0, 0.1) is 5.92 Å². The van der Waals surface area contributed by atoms with E-state index in [-0.39, 0.29) is 0 Å². The third-order valence-corrected chi connectivity index (χ3v) is 4.35. The highest BCUT2D eigenvalue weighted by molar-refractivity contribution is 6.18. The van der Waals surface area contributed by atoms with E-state index in [0.29, 0.717) is 0 Å². The molecule has 0 radical (unpaired) electrons. The molecule has 2 aliphatic carbocycles. The summed E-state index contributed by atoms with van der Waals surface area (Å²) < 4.78 is 0. The first-order valence-electron chi connectivity index (χ1n) is 6.70. The van der Waals surface area contributed by atoms with Gasteiger partial charge in [0.05, 0.1) is 0 Å². The molecule has 2 rings (SSSR count). The van der Waals surface area contributed by atoms with Crippen LogP contribution in [0.4, 0.5) is 0 Å². The zero-order valence-electron chi connectivity index (χ0n) is 9.76. The lowest BCUT2D eigenvalue weighted by Gasteiger charge is -2.38. The van der Waals surface area contributed by atoms with Crippen LogP contribution in [0.5, 0.6) is 0 Å². The second kappa shape index (κ2) is 6.10. The van der Waals surface area contributed by atoms with Gasteiger partial charge in [0.2, 0.25) is 0 Å². The molecule has 2 fully saturated rings. The first-order valence-corrected chi connectivity index (χ1v) is 7.23. The van der Waals surface area contributed by atoms with Crippen LogP contribution >= 0.6 is 11.6 Å². The van der Waals surface area contributed by atoms with E-state index in [1.807, 2.05) is 0 Å². The Bertz CT molecular complexity index is 173. The van der Waals surface area contributed by atoms with Crippen molar-refractivity contribution in [3.05, 3.63) is 0 Å². The van der Waals surface area contributed by atoms with E-state index in [9.17, 15) is 0 Å². The summed E-state index contributed by atoms with van der Waals surface area (Å²) in [5, 5.41) is 0. The lowest BCUT2D eigenvalue weighted by molar-refractivity contribution is 0.115. The van der Waals surface area contributed by atoms with E-state index < -0.39 is 0 Å². The Morgan fingerprint density at radius 1 is 0.933 bits per heavy atom. The third-order valence-electron chi connectivity index (χ3n) is 4.18. The normalized spacial score (nSPS) is 24.4. The fourth-order valence-electron chi connectivity index (χ4n) is 2.98. The number of alkyl halides is 1. The van der Waals surface area contributed by atoms with E-state index in [1.54, 1.807) is 0 Å². The molecule has 0 amide bonds. The number of nitrogens with zero attached hydrogens (tertiary/aromatic N) is 1. The highest BCUT2D eigenvalue weighted by Crippen LogP contribution is 2.30. The van der Waals surface area contributed by atoms with Crippen LogP contribution in [0.15, 0.2) is 0 Å². The summed E-state index contributed by atoms with van der Waals surface area (Å²) >= 11 is 5.92. The number of hydrogen-bond donors (Lipinski definition) is 0. The van der Waals surface area contributed by atoms with Gasteiger partial charge in [-0.05, 0) is 31.6 Å². The molecule has 0 atom stereocenters. The zero-order chi connectivity index (χ0) is 10.5. The van der Waals surface area contributed by atoms with Crippen molar-refractivity contribution in [2.75, 3.05) is 19.0 Å². The number of hydrogen-bond acceptors (Lipinski definition) is 1. The van der Waals surface area contributed by atoms with Crippen molar-refractivity contribution in [3.63, 3.8) is 0 Å². The monoisotopic (exact) mass is 229 g/mol. The van der Waals surface area contributed by atoms with Crippen molar-refractivity contribution in [3.8, 4) is 0 Å². The van der Waals surface area contributed by atoms with E-state index in [0.717, 1.165) is 24.4 Å². The Kier molecular flexibility index (Phi) is 4.77. The minimum absolute atomic E-state index is 0.809. The van der Waals surface area contributed by atoms with Gasteiger partial charge in [-0.15, -0.1) is 11.6 Å². The van der Waals surface area contributed by atoms with Crippen molar-refractivity contribution in [1.82, 2.24) is 4.90 Å². The van der Waals surface area contributed by atoms with E-state index in [4.69, 9.17) is 11.6 Å². The SMILES string of the molecule is ClCCN(CC1CCC1)C1CCCCC1. The van der Waals surface area contributed by atoms with E-state index in [1.165, 1.54) is 57.9 Å². The molecule has 0 aromatic heterocycles. The smallest absolute Gasteiger partial charge is 0.0351 e. The largest absolute Gasteiger partial charge is 0.299 e. The van der Waals surface area contributed by atoms with Crippen LogP contribution in [0.2, 0.25) is 0 Å². The maximum absolute atomic E-state index is 5.92. The molecular weight excluding hydrogens is 206 g/mol. The van der Waals surface area contributed by atoms with Gasteiger partial charge in [-0.3, -0.25) is 4.90 Å². The first-order chi connectivity index (χ1) is 7.40. The van der Waals surface area contributed by atoms with Crippen LogP contribution < -0.4 is 0 Å². The fraction of sp³-hybridized carbons (Fsp3) is 1.00. The molecular formula is C13H24ClN. The molecule has 0 unspecified atom stereocenters. The summed E-state index contributed by atoms with van der Waals surface area (Å²) in [7, 11) is 0. The predicted molar refractivity (Wildman–Crippen MR) is 66.5 cm³/mol. The van der Waals surface area contributed by atoms with Crippen molar-refractivity contribution in [2.24, 2.45) is 5.92 Å². The van der Waals surface area contributed by atoms with Gasteiger partial charge in [0.25, 0.3) is 0 Å². The minimum atomic E-state index is 0.809. The highest BCUT2D eigenvalue weighted by atomic mass is 35.5. The summed E-state index contributed by atoms with van der Waals surface area (Å²) in [5.41, 5.74) is 0. The summed E-state index contributed by atoms with van der Waals surface area (Å²) in [6.07, 6.45) is 11.6. The standard InChI is InChI=1S/C13H24ClN/c14-9-10-15(11-12-5-4-6-12)13-7-2-1-3-8-13/h12-13H,1-11H2. The zero-order valence-corrected chi connectivity index (χ0v) is 10.5. The Balaban J connectivity index is 1.79. The van der Waals surface area contributed by atoms with Crippen LogP contribution in [0.1, 0.15) is 51.4 Å². The van der Waals surface area contributed by atoms with Crippen LogP contribution in [-0.2, 0) is 0 Å². The Morgan fingerprint density at radius 3 is 2.20 bits per heavy atom. The quantitative estimate of drug-likeness (QED) is 0.651. The average Bonchev–Trinajstić information content (AvgIpc) is 2.23. The third kappa shape index (κ3) is 3.35. The van der Waals surface area contributed by atoms with Crippen LogP contribution in [0.3, 0.4) is 0 Å². The van der Waals surface area contributed by atoms with Gasteiger partial charge >= 0.3 is 0 Å². The molecule has 88 valence electrons. The van der Waals surface area contributed by atoms with Gasteiger partial charge < -0.3 is 0 Å². The topological polar surface area (TPSA) is 3.24 Å². The molecule has 1 nitrogen and oxygen atoms in total. The first kappa shape index (κ1) is 11.7. The molecule has 0 heterocycles. The van der Waals surface area contributed by atoms with E-state index >= 15 is 0 Å². The summed E-state index contributed by atoms with van der Waals surface area (Å²) in [4.78, 5) is 2.69. The van der Waals surface area contributed by atoms with Crippen molar-refractivity contribution in [2.45, 2.75) is 57.4 Å². The van der Waals surface area contributed by atoms with Gasteiger partial charge in [0.1, 0.15) is 0 Å². The molecule has 2 heteroatoms. The lowest BCUT2D eigenvalue weighted by atomic mass is 9.84. The average molecular weight is 230 g/mol. The van der Waals surface area contributed by atoms with Crippen LogP contribution in [0.25, 0.3) is 0 Å². The molecule has 0 spiro atoms. The van der Waals surface area contributed by atoms with Gasteiger partial charge in [-0.2, -0.15) is 0 Å². The maximum atomic E-state index is 5.92. The highest BCUT2D eigenvalue weighted by Gasteiger charge is 2.25. The maximum Gasteiger partial charge on any atom is 0.0351 e. The Labute approximate surface area is 99.2 Å². The predicted octanol–water partition coefficient (Wildman–Crippen LogP) is 3.66. The fourth-order valence-corrected chi connectivity index (χ4v) is 3.20. The number of rotatable bonds is 5. The summed E-state index contributed by atoms with van der Waals surface area (Å²) in [5.74, 6) is 1.80. The molecule has 0 saturated heterocycles. The molecule has 0 aromatic carbocycles. The Morgan fingerprint density at radius 2 is 1.67 bits per heavy atom. The summed E-state index contributed by atoms with van der Waals surface area (Å²) in [6.45, 7) is 2.44. The Hall–Kier alpha value is 0.250. The molecule has 15 heavy (non-hydrogen) atoms. The lowest BCUT2D eigenvalue weighted by Crippen LogP contribution is -2.42. The molecule has 0 N–H and O–H groups in total. The summed E-state index contributed by atoms with van der Waals surface area (Å²) in [6, 6.07) is 0.859. The molecule has 0 aromatic rings. The van der Waals surface area contributed by atoms with Gasteiger partial charge in [-0.1, -0.05) is 25.7 Å². The van der Waals surface area contributed by atoms with Gasteiger partial charge in [0.15, 0.2) is 0 Å². The molecule has 0 aliphatic heterocycles. The van der Waals surface area contributed by atoms with Crippen molar-refractivity contribution in [1.29, 1.82) is 0 Å². The number of halogens is 1.